The summed E-state index contributed by atoms with van der Waals surface area (Å²) in [5.74, 6) is -0.665. The summed E-state index contributed by atoms with van der Waals surface area (Å²) in [6, 6.07) is 9.03. The van der Waals surface area contributed by atoms with E-state index in [-0.39, 0.29) is 35.0 Å². The number of carbonyl (C=O) groups is 1. The molecular weight excluding hydrogens is 602 g/mol. The Morgan fingerprint density at radius 2 is 1.95 bits per heavy atom. The Kier molecular flexibility index (Phi) is 6.91. The lowest BCUT2D eigenvalue weighted by molar-refractivity contribution is 0.0644. The normalized spacial score (nSPS) is 24.6. The molecule has 0 unspecified atom stereocenters. The van der Waals surface area contributed by atoms with Crippen LogP contribution in [0, 0.1) is 35.4 Å². The van der Waals surface area contributed by atoms with Crippen molar-refractivity contribution in [3.8, 4) is 11.8 Å². The van der Waals surface area contributed by atoms with Crippen molar-refractivity contribution in [2.24, 2.45) is 18.4 Å². The lowest BCUT2D eigenvalue weighted by Gasteiger charge is -2.49. The van der Waals surface area contributed by atoms with Crippen LogP contribution in [0.2, 0.25) is 0 Å². The quantitative estimate of drug-likeness (QED) is 0.267. The molecule has 3 aliphatic rings. The minimum Gasteiger partial charge on any atom is -0.290 e. The Bertz CT molecular complexity index is 1950. The van der Waals surface area contributed by atoms with Crippen LogP contribution in [0.4, 0.5) is 4.39 Å². The molecule has 226 valence electrons. The molecule has 13 heteroatoms. The largest absolute Gasteiger partial charge is 0.290 e. The van der Waals surface area contributed by atoms with Gasteiger partial charge in [-0.1, -0.05) is 5.57 Å². The second-order valence-electron chi connectivity index (χ2n) is 12.0. The summed E-state index contributed by atoms with van der Waals surface area (Å²) < 4.78 is 46.8. The van der Waals surface area contributed by atoms with Crippen LogP contribution in [0.15, 0.2) is 59.5 Å². The number of Topliss-reactive ketones (excluding diaryl/α,β-unsaturated/α-hetero) is 1. The number of sulfonamides is 1. The number of halogens is 1. The highest BCUT2D eigenvalue weighted by atomic mass is 32.2. The van der Waals surface area contributed by atoms with Crippen LogP contribution in [0.5, 0.6) is 0 Å². The number of benzene rings is 1. The standard InChI is InChI=1S/C31H30FN7O3S2/c1-19-17-34-30(43-19)29(40)31-14-21-18-35-38(24-7-4-23(32)5-8-24)27(21)13-22(31)3-6-25(15-31)39(26-11-20(12-26)16-33)44(41,42)28-9-10-37(2)36-28/h4-5,7-10,13,17-18,20,25-26H,3,6,11-12,14-15H2,1-2H3/t20?,25-,26?,31-/m0/s1. The molecule has 2 fully saturated rings. The Balaban J connectivity index is 1.32. The number of carbonyl (C=O) groups excluding carboxylic acids is 1. The highest BCUT2D eigenvalue weighted by Crippen LogP contribution is 2.53. The van der Waals surface area contributed by atoms with Gasteiger partial charge in [0.1, 0.15) is 5.82 Å². The molecule has 0 aliphatic heterocycles. The minimum absolute atomic E-state index is 0.0378. The minimum atomic E-state index is -4.02. The van der Waals surface area contributed by atoms with E-state index in [0.717, 1.165) is 21.7 Å². The Morgan fingerprint density at radius 1 is 1.18 bits per heavy atom. The molecule has 0 N–H and O–H groups in total. The van der Waals surface area contributed by atoms with Crippen LogP contribution in [0.25, 0.3) is 11.8 Å². The summed E-state index contributed by atoms with van der Waals surface area (Å²) in [6.07, 6.45) is 9.56. The SMILES string of the molecule is Cc1cnc(C(=O)[C@]23Cc4cnn(-c5ccc(F)cc5)c4C=C2CC[C@H](N(C2CC(C#N)C2)S(=O)(=O)c2ccn(C)n2)C3)s1. The fraction of sp³-hybridized carbons (Fsp3) is 0.387. The molecule has 3 heterocycles. The first-order chi connectivity index (χ1) is 21.1. The molecule has 0 saturated heterocycles. The van der Waals surface area contributed by atoms with Gasteiger partial charge in [-0.3, -0.25) is 9.48 Å². The maximum Gasteiger partial charge on any atom is 0.262 e. The summed E-state index contributed by atoms with van der Waals surface area (Å²) in [4.78, 5) is 19.9. The predicted molar refractivity (Wildman–Crippen MR) is 161 cm³/mol. The van der Waals surface area contributed by atoms with E-state index in [4.69, 9.17) is 0 Å². The van der Waals surface area contributed by atoms with Crippen molar-refractivity contribution in [1.82, 2.24) is 28.9 Å². The topological polar surface area (TPSA) is 127 Å². The van der Waals surface area contributed by atoms with E-state index >= 15 is 0 Å². The van der Waals surface area contributed by atoms with E-state index in [1.807, 2.05) is 13.0 Å². The fourth-order valence-corrected chi connectivity index (χ4v) is 9.61. The first kappa shape index (κ1) is 28.8. The van der Waals surface area contributed by atoms with Crippen LogP contribution in [-0.4, -0.2) is 55.1 Å². The van der Waals surface area contributed by atoms with Gasteiger partial charge in [-0.25, -0.2) is 22.5 Å². The molecule has 0 amide bonds. The van der Waals surface area contributed by atoms with Crippen molar-refractivity contribution in [2.75, 3.05) is 0 Å². The molecule has 10 nitrogen and oxygen atoms in total. The van der Waals surface area contributed by atoms with Gasteiger partial charge < -0.3 is 0 Å². The number of nitrogens with zero attached hydrogens (tertiary/aromatic N) is 7. The number of hydrogen-bond acceptors (Lipinski definition) is 8. The van der Waals surface area contributed by atoms with Crippen LogP contribution in [-0.2, 0) is 23.5 Å². The van der Waals surface area contributed by atoms with E-state index in [2.05, 4.69) is 21.3 Å². The van der Waals surface area contributed by atoms with Gasteiger partial charge in [0.2, 0.25) is 5.78 Å². The van der Waals surface area contributed by atoms with Crippen LogP contribution in [0.1, 0.15) is 58.0 Å². The van der Waals surface area contributed by atoms with E-state index in [9.17, 15) is 22.9 Å². The van der Waals surface area contributed by atoms with Crippen molar-refractivity contribution in [3.05, 3.63) is 81.5 Å². The molecular formula is C31H30FN7O3S2. The van der Waals surface area contributed by atoms with Crippen molar-refractivity contribution in [1.29, 1.82) is 5.26 Å². The van der Waals surface area contributed by atoms with Gasteiger partial charge in [0.15, 0.2) is 10.0 Å². The predicted octanol–water partition coefficient (Wildman–Crippen LogP) is 4.86. The average molecular weight is 632 g/mol. The van der Waals surface area contributed by atoms with Gasteiger partial charge in [-0.15, -0.1) is 11.3 Å². The van der Waals surface area contributed by atoms with Gasteiger partial charge in [-0.2, -0.15) is 19.8 Å². The Labute approximate surface area is 258 Å². The summed E-state index contributed by atoms with van der Waals surface area (Å²) >= 11 is 1.34. The highest BCUT2D eigenvalue weighted by Gasteiger charge is 2.54. The zero-order valence-corrected chi connectivity index (χ0v) is 25.9. The van der Waals surface area contributed by atoms with Crippen molar-refractivity contribution in [2.45, 2.75) is 62.6 Å². The number of allylic oxidation sites excluding steroid dienone is 1. The number of rotatable bonds is 7. The maximum atomic E-state index is 14.5. The second kappa shape index (κ2) is 10.6. The molecule has 3 aromatic heterocycles. The summed E-state index contributed by atoms with van der Waals surface area (Å²) in [5, 5.41) is 18.7. The van der Waals surface area contributed by atoms with E-state index in [1.54, 1.807) is 46.8 Å². The molecule has 0 spiro atoms. The fourth-order valence-electron chi connectivity index (χ4n) is 6.98. The Morgan fingerprint density at radius 3 is 2.61 bits per heavy atom. The van der Waals surface area contributed by atoms with Crippen molar-refractivity contribution in [3.63, 3.8) is 0 Å². The van der Waals surface area contributed by atoms with Gasteiger partial charge in [-0.05, 0) is 87.4 Å². The number of ketones is 1. The van der Waals surface area contributed by atoms with Crippen molar-refractivity contribution >= 4 is 33.2 Å². The summed E-state index contributed by atoms with van der Waals surface area (Å²) in [6.45, 7) is 1.90. The smallest absolute Gasteiger partial charge is 0.262 e. The van der Waals surface area contributed by atoms with Gasteiger partial charge in [0.05, 0.1) is 29.1 Å². The number of aromatic nitrogens is 5. The molecule has 2 atom stereocenters. The van der Waals surface area contributed by atoms with Gasteiger partial charge in [0.25, 0.3) is 10.0 Å². The first-order valence-electron chi connectivity index (χ1n) is 14.5. The Hall–Kier alpha value is -3.99. The number of thiazole rings is 1. The molecule has 2 saturated carbocycles. The third-order valence-electron chi connectivity index (χ3n) is 9.20. The van der Waals surface area contributed by atoms with Gasteiger partial charge in [0, 0.05) is 42.3 Å². The zero-order chi connectivity index (χ0) is 30.8. The third kappa shape index (κ3) is 4.63. The maximum absolute atomic E-state index is 14.5. The lowest BCUT2D eigenvalue weighted by Crippen LogP contribution is -2.56. The first-order valence-corrected chi connectivity index (χ1v) is 16.8. The van der Waals surface area contributed by atoms with Crippen LogP contribution < -0.4 is 0 Å². The summed E-state index contributed by atoms with van der Waals surface area (Å²) in [7, 11) is -2.35. The monoisotopic (exact) mass is 631 g/mol. The van der Waals surface area contributed by atoms with E-state index in [1.165, 1.54) is 34.2 Å². The highest BCUT2D eigenvalue weighted by molar-refractivity contribution is 7.89. The van der Waals surface area contributed by atoms with Crippen molar-refractivity contribution < 1.29 is 17.6 Å². The number of hydrogen-bond donors (Lipinski definition) is 0. The van der Waals surface area contributed by atoms with Gasteiger partial charge >= 0.3 is 0 Å². The van der Waals surface area contributed by atoms with E-state index < -0.39 is 21.5 Å². The molecule has 44 heavy (non-hydrogen) atoms. The molecule has 3 aliphatic carbocycles. The van der Waals surface area contributed by atoms with E-state index in [0.29, 0.717) is 42.8 Å². The molecule has 4 aromatic rings. The third-order valence-corrected chi connectivity index (χ3v) is 12.0. The molecule has 0 bridgehead atoms. The molecule has 0 radical (unpaired) electrons. The van der Waals surface area contributed by atoms with Crippen LogP contribution in [0.3, 0.4) is 0 Å². The summed E-state index contributed by atoms with van der Waals surface area (Å²) in [5.41, 5.74) is 2.29. The molecule has 1 aromatic carbocycles. The lowest BCUT2D eigenvalue weighted by atomic mass is 9.60. The van der Waals surface area contributed by atoms with Crippen LogP contribution >= 0.6 is 11.3 Å². The zero-order valence-electron chi connectivity index (χ0n) is 24.2. The average Bonchev–Trinajstić information content (AvgIpc) is 3.73. The molecule has 7 rings (SSSR count). The number of fused-ring (bicyclic) bond motifs is 2. The second-order valence-corrected chi connectivity index (χ2v) is 15.0. The number of aryl methyl sites for hydroxylation is 2. The number of nitriles is 1.